The highest BCUT2D eigenvalue weighted by Crippen LogP contribution is 2.28. The van der Waals surface area contributed by atoms with Crippen LogP contribution in [-0.2, 0) is 17.8 Å². The summed E-state index contributed by atoms with van der Waals surface area (Å²) in [4.78, 5) is 12.1. The van der Waals surface area contributed by atoms with Gasteiger partial charge >= 0.3 is 0 Å². The van der Waals surface area contributed by atoms with E-state index in [1.54, 1.807) is 20.3 Å². The van der Waals surface area contributed by atoms with Crippen LogP contribution >= 0.6 is 0 Å². The van der Waals surface area contributed by atoms with E-state index in [1.807, 2.05) is 36.4 Å². The van der Waals surface area contributed by atoms with Gasteiger partial charge in [0.25, 0.3) is 0 Å². The van der Waals surface area contributed by atoms with Gasteiger partial charge in [0.2, 0.25) is 5.91 Å². The normalized spacial score (nSPS) is 9.88. The first kappa shape index (κ1) is 19.2. The van der Waals surface area contributed by atoms with E-state index in [1.165, 1.54) is 0 Å². The van der Waals surface area contributed by atoms with Crippen LogP contribution in [0, 0.1) is 12.3 Å². The predicted molar refractivity (Wildman–Crippen MR) is 100 cm³/mol. The van der Waals surface area contributed by atoms with Gasteiger partial charge in [0, 0.05) is 13.0 Å². The van der Waals surface area contributed by atoms with Crippen LogP contribution in [0.5, 0.6) is 17.2 Å². The molecule has 0 aliphatic carbocycles. The van der Waals surface area contributed by atoms with E-state index in [2.05, 4.69) is 11.2 Å². The molecule has 0 saturated heterocycles. The van der Waals surface area contributed by atoms with Gasteiger partial charge in [-0.15, -0.1) is 6.42 Å². The predicted octanol–water partition coefficient (Wildman–Crippen LogP) is 2.96. The largest absolute Gasteiger partial charge is 0.497 e. The maximum absolute atomic E-state index is 12.1. The monoisotopic (exact) mass is 353 g/mol. The Morgan fingerprint density at radius 3 is 2.42 bits per heavy atom. The molecule has 0 radical (unpaired) electrons. The quantitative estimate of drug-likeness (QED) is 0.704. The fourth-order valence-corrected chi connectivity index (χ4v) is 2.40. The molecule has 0 spiro atoms. The van der Waals surface area contributed by atoms with Crippen molar-refractivity contribution >= 4 is 5.91 Å². The first-order chi connectivity index (χ1) is 12.7. The first-order valence-electron chi connectivity index (χ1n) is 8.29. The Labute approximate surface area is 154 Å². The molecule has 0 atom stereocenters. The zero-order valence-electron chi connectivity index (χ0n) is 15.1. The van der Waals surface area contributed by atoms with Gasteiger partial charge in [0.05, 0.1) is 14.2 Å². The number of carbonyl (C=O) groups is 1. The molecule has 0 aliphatic rings. The van der Waals surface area contributed by atoms with Crippen molar-refractivity contribution in [2.75, 3.05) is 20.8 Å². The minimum absolute atomic E-state index is 0.00700. The van der Waals surface area contributed by atoms with E-state index in [-0.39, 0.29) is 12.5 Å². The van der Waals surface area contributed by atoms with Crippen molar-refractivity contribution in [2.45, 2.75) is 19.4 Å². The summed E-state index contributed by atoms with van der Waals surface area (Å²) in [5, 5.41) is 2.92. The molecule has 2 aromatic carbocycles. The fourth-order valence-electron chi connectivity index (χ4n) is 2.40. The molecular weight excluding hydrogens is 330 g/mol. The molecule has 0 saturated carbocycles. The summed E-state index contributed by atoms with van der Waals surface area (Å²) >= 11 is 0. The van der Waals surface area contributed by atoms with E-state index in [4.69, 9.17) is 20.6 Å². The zero-order valence-corrected chi connectivity index (χ0v) is 15.1. The minimum atomic E-state index is -0.00700. The number of hydrogen-bond acceptors (Lipinski definition) is 4. The van der Waals surface area contributed by atoms with Gasteiger partial charge in [-0.3, -0.25) is 4.79 Å². The number of aryl methyl sites for hydroxylation is 1. The topological polar surface area (TPSA) is 56.8 Å². The first-order valence-corrected chi connectivity index (χ1v) is 8.29. The van der Waals surface area contributed by atoms with Gasteiger partial charge in [-0.25, -0.2) is 0 Å². The number of rotatable bonds is 9. The van der Waals surface area contributed by atoms with Crippen molar-refractivity contribution in [1.82, 2.24) is 5.32 Å². The van der Waals surface area contributed by atoms with E-state index < -0.39 is 0 Å². The van der Waals surface area contributed by atoms with Gasteiger partial charge < -0.3 is 19.5 Å². The summed E-state index contributed by atoms with van der Waals surface area (Å²) in [5.74, 6) is 4.41. The number of nitrogens with one attached hydrogen (secondary N) is 1. The average molecular weight is 353 g/mol. The molecule has 2 aromatic rings. The van der Waals surface area contributed by atoms with Crippen LogP contribution in [0.2, 0.25) is 0 Å². The van der Waals surface area contributed by atoms with Gasteiger partial charge in [-0.1, -0.05) is 24.1 Å². The molecule has 136 valence electrons. The highest BCUT2D eigenvalue weighted by atomic mass is 16.5. The van der Waals surface area contributed by atoms with E-state index in [0.717, 1.165) is 16.9 Å². The van der Waals surface area contributed by atoms with Crippen molar-refractivity contribution in [3.63, 3.8) is 0 Å². The molecule has 1 amide bonds. The van der Waals surface area contributed by atoms with Crippen molar-refractivity contribution < 1.29 is 19.0 Å². The van der Waals surface area contributed by atoms with Crippen molar-refractivity contribution in [1.29, 1.82) is 0 Å². The molecular formula is C21H23NO4. The van der Waals surface area contributed by atoms with Crippen molar-refractivity contribution in [2.24, 2.45) is 0 Å². The maximum atomic E-state index is 12.1. The third kappa shape index (κ3) is 5.75. The zero-order chi connectivity index (χ0) is 18.8. The number of benzene rings is 2. The minimum Gasteiger partial charge on any atom is -0.497 e. The van der Waals surface area contributed by atoms with Gasteiger partial charge in [-0.05, 0) is 41.8 Å². The van der Waals surface area contributed by atoms with Crippen LogP contribution in [0.15, 0.2) is 42.5 Å². The number of carbonyl (C=O) groups excluding carboxylic acids is 1. The number of amides is 1. The summed E-state index contributed by atoms with van der Waals surface area (Å²) in [6.07, 6.45) is 6.20. The van der Waals surface area contributed by atoms with Crippen molar-refractivity contribution in [3.8, 4) is 29.6 Å². The summed E-state index contributed by atoms with van der Waals surface area (Å²) in [6, 6.07) is 13.2. The molecule has 0 aromatic heterocycles. The highest BCUT2D eigenvalue weighted by molar-refractivity contribution is 5.76. The molecule has 0 aliphatic heterocycles. The number of hydrogen-bond donors (Lipinski definition) is 1. The van der Waals surface area contributed by atoms with E-state index in [0.29, 0.717) is 30.9 Å². The molecule has 26 heavy (non-hydrogen) atoms. The summed E-state index contributed by atoms with van der Waals surface area (Å²) in [7, 11) is 3.20. The lowest BCUT2D eigenvalue weighted by Crippen LogP contribution is -2.22. The third-order valence-corrected chi connectivity index (χ3v) is 3.83. The average Bonchev–Trinajstić information content (AvgIpc) is 2.69. The van der Waals surface area contributed by atoms with Crippen molar-refractivity contribution in [3.05, 3.63) is 53.6 Å². The molecule has 0 fully saturated rings. The maximum Gasteiger partial charge on any atom is 0.220 e. The third-order valence-electron chi connectivity index (χ3n) is 3.83. The SMILES string of the molecule is C#CCOc1ccc(CCC(=O)NCc2ccc(OC)cc2)cc1OC. The number of terminal acetylenes is 1. The Morgan fingerprint density at radius 2 is 1.77 bits per heavy atom. The Bertz CT molecular complexity index is 763. The molecule has 1 N–H and O–H groups in total. The lowest BCUT2D eigenvalue weighted by Gasteiger charge is -2.11. The Hall–Kier alpha value is -3.13. The standard InChI is InChI=1S/C21H23NO4/c1-4-13-26-19-11-7-16(14-20(19)25-3)8-12-21(23)22-15-17-5-9-18(24-2)10-6-17/h1,5-7,9-11,14H,8,12-13,15H2,2-3H3,(H,22,23). The molecule has 2 rings (SSSR count). The van der Waals surface area contributed by atoms with Crippen LogP contribution in [0.4, 0.5) is 0 Å². The highest BCUT2D eigenvalue weighted by Gasteiger charge is 2.08. The van der Waals surface area contributed by atoms with Crippen LogP contribution in [-0.4, -0.2) is 26.7 Å². The Balaban J connectivity index is 1.83. The molecule has 0 bridgehead atoms. The molecule has 0 unspecified atom stereocenters. The van der Waals surface area contributed by atoms with Gasteiger partial charge in [-0.2, -0.15) is 0 Å². The smallest absolute Gasteiger partial charge is 0.220 e. The van der Waals surface area contributed by atoms with E-state index in [9.17, 15) is 4.79 Å². The summed E-state index contributed by atoms with van der Waals surface area (Å²) in [5.41, 5.74) is 2.02. The lowest BCUT2D eigenvalue weighted by atomic mass is 10.1. The van der Waals surface area contributed by atoms with Crippen LogP contribution < -0.4 is 19.5 Å². The second-order valence-electron chi connectivity index (χ2n) is 5.60. The molecule has 5 heteroatoms. The fraction of sp³-hybridized carbons (Fsp3) is 0.286. The molecule has 5 nitrogen and oxygen atoms in total. The van der Waals surface area contributed by atoms with Gasteiger partial charge in [0.15, 0.2) is 11.5 Å². The Kier molecular flexibility index (Phi) is 7.38. The number of methoxy groups -OCH3 is 2. The van der Waals surface area contributed by atoms with Crippen LogP contribution in [0.1, 0.15) is 17.5 Å². The molecule has 0 heterocycles. The second kappa shape index (κ2) is 10.00. The van der Waals surface area contributed by atoms with Gasteiger partial charge in [0.1, 0.15) is 12.4 Å². The van der Waals surface area contributed by atoms with Crippen LogP contribution in [0.3, 0.4) is 0 Å². The second-order valence-corrected chi connectivity index (χ2v) is 5.60. The van der Waals surface area contributed by atoms with E-state index >= 15 is 0 Å². The van der Waals surface area contributed by atoms with Crippen LogP contribution in [0.25, 0.3) is 0 Å². The lowest BCUT2D eigenvalue weighted by molar-refractivity contribution is -0.121. The Morgan fingerprint density at radius 1 is 1.04 bits per heavy atom. The summed E-state index contributed by atoms with van der Waals surface area (Å²) < 4.78 is 15.8. The number of ether oxygens (including phenoxy) is 3. The summed E-state index contributed by atoms with van der Waals surface area (Å²) in [6.45, 7) is 0.675.